The van der Waals surface area contributed by atoms with Gasteiger partial charge in [-0.05, 0) is 31.4 Å². The number of hydrogen-bond acceptors (Lipinski definition) is 3. The van der Waals surface area contributed by atoms with Gasteiger partial charge in [0.25, 0.3) is 0 Å². The summed E-state index contributed by atoms with van der Waals surface area (Å²) in [6.45, 7) is 18.2. The van der Waals surface area contributed by atoms with E-state index in [1.807, 2.05) is 19.9 Å². The van der Waals surface area contributed by atoms with Gasteiger partial charge < -0.3 is 14.3 Å². The van der Waals surface area contributed by atoms with Gasteiger partial charge in [0.2, 0.25) is 0 Å². The lowest BCUT2D eigenvalue weighted by molar-refractivity contribution is -0.110. The molecule has 4 heteroatoms. The molecule has 0 saturated carbocycles. The maximum Gasteiger partial charge on any atom is 0.147 e. The average molecular weight is 327 g/mol. The minimum absolute atomic E-state index is 0.0162. The first kappa shape index (κ1) is 21.3. The van der Waals surface area contributed by atoms with Gasteiger partial charge >= 0.3 is 0 Å². The summed E-state index contributed by atoms with van der Waals surface area (Å²) in [5.74, 6) is 0.0162. The van der Waals surface area contributed by atoms with Crippen LogP contribution in [0.25, 0.3) is 0 Å². The fourth-order valence-electron chi connectivity index (χ4n) is 2.07. The number of carbonyl (C=O) groups excluding carboxylic acids is 1. The Morgan fingerprint density at radius 1 is 1.32 bits per heavy atom. The van der Waals surface area contributed by atoms with Crippen molar-refractivity contribution in [1.82, 2.24) is 0 Å². The second kappa shape index (κ2) is 10.9. The number of hydrogen-bond donors (Lipinski definition) is 0. The van der Waals surface area contributed by atoms with Crippen molar-refractivity contribution >= 4 is 14.4 Å². The highest BCUT2D eigenvalue weighted by atomic mass is 28.3. The van der Waals surface area contributed by atoms with Gasteiger partial charge in [0.15, 0.2) is 0 Å². The molecular formula is C18H34O3Si. The van der Waals surface area contributed by atoms with Crippen LogP contribution in [0.3, 0.4) is 0 Å². The van der Waals surface area contributed by atoms with Crippen LogP contribution in [0.15, 0.2) is 23.8 Å². The van der Waals surface area contributed by atoms with E-state index in [0.29, 0.717) is 13.2 Å². The molecule has 0 unspecified atom stereocenters. The van der Waals surface area contributed by atoms with Gasteiger partial charge in [-0.1, -0.05) is 51.7 Å². The Morgan fingerprint density at radius 3 is 2.45 bits per heavy atom. The highest BCUT2D eigenvalue weighted by Crippen LogP contribution is 2.16. The summed E-state index contributed by atoms with van der Waals surface area (Å²) in [5, 5.41) is 0. The predicted molar refractivity (Wildman–Crippen MR) is 96.9 cm³/mol. The van der Waals surface area contributed by atoms with Crippen molar-refractivity contribution in [2.75, 3.05) is 13.4 Å². The van der Waals surface area contributed by atoms with Crippen molar-refractivity contribution < 1.29 is 14.3 Å². The molecule has 0 aromatic heterocycles. The summed E-state index contributed by atoms with van der Waals surface area (Å²) in [6, 6.07) is 1.16. The zero-order valence-corrected chi connectivity index (χ0v) is 16.3. The molecule has 22 heavy (non-hydrogen) atoms. The Bertz CT molecular complexity index is 369. The van der Waals surface area contributed by atoms with Crippen LogP contribution in [-0.4, -0.2) is 33.9 Å². The topological polar surface area (TPSA) is 35.5 Å². The van der Waals surface area contributed by atoms with Crippen LogP contribution in [0, 0.1) is 5.92 Å². The molecule has 0 heterocycles. The Kier molecular flexibility index (Phi) is 10.6. The molecule has 128 valence electrons. The van der Waals surface area contributed by atoms with Gasteiger partial charge in [0, 0.05) is 20.6 Å². The zero-order valence-electron chi connectivity index (χ0n) is 15.3. The van der Waals surface area contributed by atoms with Crippen LogP contribution in [0.5, 0.6) is 0 Å². The quantitative estimate of drug-likeness (QED) is 0.169. The molecule has 0 aliphatic rings. The molecule has 0 aliphatic heterocycles. The monoisotopic (exact) mass is 326 g/mol. The summed E-state index contributed by atoms with van der Waals surface area (Å²) in [7, 11) is -1.04. The molecule has 2 atom stereocenters. The Hall–Kier alpha value is -0.713. The summed E-state index contributed by atoms with van der Waals surface area (Å²) in [6.07, 6.45) is 4.65. The van der Waals surface area contributed by atoms with Crippen LogP contribution >= 0.6 is 0 Å². The molecule has 0 aliphatic carbocycles. The second-order valence-corrected chi connectivity index (χ2v) is 12.9. The van der Waals surface area contributed by atoms with Crippen LogP contribution in [-0.2, 0) is 14.3 Å². The molecule has 0 fully saturated rings. The average Bonchev–Trinajstić information content (AvgIpc) is 2.40. The van der Waals surface area contributed by atoms with Crippen molar-refractivity contribution in [2.45, 2.75) is 65.4 Å². The molecule has 0 aromatic carbocycles. The minimum atomic E-state index is -1.04. The fraction of sp³-hybridized carbons (Fsp3) is 0.722. The second-order valence-electron chi connectivity index (χ2n) is 7.26. The molecule has 3 nitrogen and oxygen atoms in total. The molecule has 0 saturated heterocycles. The summed E-state index contributed by atoms with van der Waals surface area (Å²) in [4.78, 5) is 10.7. The summed E-state index contributed by atoms with van der Waals surface area (Å²) in [5.41, 5.74) is 2.11. The van der Waals surface area contributed by atoms with E-state index in [0.717, 1.165) is 36.5 Å². The van der Waals surface area contributed by atoms with E-state index in [4.69, 9.17) is 9.47 Å². The maximum absolute atomic E-state index is 10.7. The van der Waals surface area contributed by atoms with Gasteiger partial charge in [-0.2, -0.15) is 0 Å². The third kappa shape index (κ3) is 10.9. The predicted octanol–water partition coefficient (Wildman–Crippen LogP) is 4.82. The molecule has 0 N–H and O–H groups in total. The van der Waals surface area contributed by atoms with Gasteiger partial charge in [0.1, 0.15) is 13.1 Å². The van der Waals surface area contributed by atoms with Crippen LogP contribution in [0.1, 0.15) is 33.6 Å². The maximum atomic E-state index is 10.7. The molecule has 0 radical (unpaired) electrons. The molecule has 0 spiro atoms. The van der Waals surface area contributed by atoms with E-state index >= 15 is 0 Å². The highest BCUT2D eigenvalue weighted by Gasteiger charge is 2.13. The Balaban J connectivity index is 4.21. The van der Waals surface area contributed by atoms with Crippen molar-refractivity contribution in [3.05, 3.63) is 23.8 Å². The van der Waals surface area contributed by atoms with E-state index in [1.54, 1.807) is 0 Å². The molecule has 0 bridgehead atoms. The highest BCUT2D eigenvalue weighted by molar-refractivity contribution is 6.76. The van der Waals surface area contributed by atoms with Crippen molar-refractivity contribution in [3.8, 4) is 0 Å². The number of aldehydes is 1. The van der Waals surface area contributed by atoms with Gasteiger partial charge in [-0.25, -0.2) is 0 Å². The largest absolute Gasteiger partial charge is 0.356 e. The number of ether oxygens (including phenoxy) is 2. The third-order valence-electron chi connectivity index (χ3n) is 3.48. The lowest BCUT2D eigenvalue weighted by Gasteiger charge is -2.19. The summed E-state index contributed by atoms with van der Waals surface area (Å²) >= 11 is 0. The third-order valence-corrected chi connectivity index (χ3v) is 5.18. The molecule has 0 aromatic rings. The van der Waals surface area contributed by atoms with Crippen molar-refractivity contribution in [2.24, 2.45) is 5.92 Å². The van der Waals surface area contributed by atoms with Crippen molar-refractivity contribution in [1.29, 1.82) is 0 Å². The molecular weight excluding hydrogens is 292 g/mol. The van der Waals surface area contributed by atoms with E-state index in [9.17, 15) is 4.79 Å². The standard InChI is InChI=1S/C18H34O3Si/c1-8-18(21-14-20-9-10-22(5,6)7)17(4)12-15(2)11-16(3)13-19/h12-13,16,18H,2,8-11,14H2,1,3-7H3/b17-12+/t16-,18-/m0/s1. The van der Waals surface area contributed by atoms with Gasteiger partial charge in [-0.15, -0.1) is 0 Å². The van der Waals surface area contributed by atoms with E-state index < -0.39 is 8.07 Å². The zero-order chi connectivity index (χ0) is 17.2. The lowest BCUT2D eigenvalue weighted by atomic mass is 10.00. The van der Waals surface area contributed by atoms with E-state index in [-0.39, 0.29) is 12.0 Å². The smallest absolute Gasteiger partial charge is 0.147 e. The van der Waals surface area contributed by atoms with Crippen LogP contribution < -0.4 is 0 Å². The number of rotatable bonds is 12. The number of allylic oxidation sites excluding steroid dienone is 2. The Morgan fingerprint density at radius 2 is 1.95 bits per heavy atom. The first-order valence-electron chi connectivity index (χ1n) is 8.20. The summed E-state index contributed by atoms with van der Waals surface area (Å²) < 4.78 is 11.4. The van der Waals surface area contributed by atoms with Crippen LogP contribution in [0.4, 0.5) is 0 Å². The minimum Gasteiger partial charge on any atom is -0.356 e. The first-order valence-corrected chi connectivity index (χ1v) is 11.9. The normalized spacial score (nSPS) is 15.5. The van der Waals surface area contributed by atoms with E-state index in [2.05, 4.69) is 33.1 Å². The number of carbonyl (C=O) groups is 1. The fourth-order valence-corrected chi connectivity index (χ4v) is 2.83. The lowest BCUT2D eigenvalue weighted by Crippen LogP contribution is -2.23. The molecule has 0 rings (SSSR count). The Labute approximate surface area is 137 Å². The van der Waals surface area contributed by atoms with Crippen LogP contribution in [0.2, 0.25) is 25.7 Å². The SMILES string of the molecule is C=C(/C=C(\C)[C@H](CC)OCOCC[Si](C)(C)C)C[C@H](C)C=O. The van der Waals surface area contributed by atoms with Gasteiger partial charge in [-0.3, -0.25) is 0 Å². The first-order chi connectivity index (χ1) is 10.2. The van der Waals surface area contributed by atoms with Crippen molar-refractivity contribution in [3.63, 3.8) is 0 Å². The molecule has 0 amide bonds. The van der Waals surface area contributed by atoms with E-state index in [1.165, 1.54) is 0 Å². The van der Waals surface area contributed by atoms with Gasteiger partial charge in [0.05, 0.1) is 6.10 Å².